The van der Waals surface area contributed by atoms with Crippen LogP contribution >= 0.6 is 0 Å². The zero-order chi connectivity index (χ0) is 15.9. The first kappa shape index (κ1) is 16.2. The summed E-state index contributed by atoms with van der Waals surface area (Å²) >= 11 is 0. The van der Waals surface area contributed by atoms with Gasteiger partial charge in [0.2, 0.25) is 0 Å². The van der Waals surface area contributed by atoms with Crippen LogP contribution in [0.4, 0.5) is 0 Å². The Hall–Kier alpha value is -1.67. The monoisotopic (exact) mass is 308 g/mol. The molecule has 0 radical (unpaired) electrons. The molecule has 0 unspecified atom stereocenters. The lowest BCUT2D eigenvalue weighted by Crippen LogP contribution is -2.08. The topological polar surface area (TPSA) is 38.9 Å². The van der Waals surface area contributed by atoms with Gasteiger partial charge in [0.05, 0.1) is 5.52 Å². The Morgan fingerprint density at radius 2 is 1.83 bits per heavy atom. The molecule has 1 aliphatic carbocycles. The maximum Gasteiger partial charge on any atom is 0.0711 e. The highest BCUT2D eigenvalue weighted by atomic mass is 14.7. The van der Waals surface area contributed by atoms with E-state index in [1.165, 1.54) is 60.7 Å². The fourth-order valence-corrected chi connectivity index (χ4v) is 3.56. The van der Waals surface area contributed by atoms with Gasteiger partial charge in [-0.05, 0) is 68.7 Å². The number of aromatic nitrogens is 1. The number of para-hydroxylation sites is 1. The standard InChI is InChI=1S/C21H28N2/c22-16-10-4-2-1-3-5-11-17-18-12-6-8-14-20(18)23-21-15-9-7-13-19(17)21/h5-6,8,11-12,14H,1-4,7,9-10,13,15-16,22H2/b11-5-. The lowest BCUT2D eigenvalue weighted by atomic mass is 9.89. The molecule has 2 nitrogen and oxygen atoms in total. The fraction of sp³-hybridized carbons (Fsp3) is 0.476. The first-order chi connectivity index (χ1) is 11.4. The second-order valence-electron chi connectivity index (χ2n) is 6.57. The molecule has 2 heteroatoms. The molecule has 2 N–H and O–H groups in total. The molecule has 0 saturated heterocycles. The molecule has 1 aliphatic rings. The first-order valence-corrected chi connectivity index (χ1v) is 9.17. The minimum atomic E-state index is 0.824. The molecule has 0 spiro atoms. The van der Waals surface area contributed by atoms with Crippen molar-refractivity contribution in [2.24, 2.45) is 5.73 Å². The second-order valence-corrected chi connectivity index (χ2v) is 6.57. The highest BCUT2D eigenvalue weighted by Gasteiger charge is 2.16. The number of benzene rings is 1. The van der Waals surface area contributed by atoms with Gasteiger partial charge in [-0.3, -0.25) is 4.98 Å². The summed E-state index contributed by atoms with van der Waals surface area (Å²) in [5, 5.41) is 1.31. The predicted octanol–water partition coefficient (Wildman–Crippen LogP) is 5.04. The van der Waals surface area contributed by atoms with Crippen LogP contribution in [0.1, 0.15) is 61.8 Å². The van der Waals surface area contributed by atoms with E-state index in [2.05, 4.69) is 36.4 Å². The Morgan fingerprint density at radius 3 is 2.74 bits per heavy atom. The Morgan fingerprint density at radius 1 is 1.00 bits per heavy atom. The summed E-state index contributed by atoms with van der Waals surface area (Å²) < 4.78 is 0. The van der Waals surface area contributed by atoms with Crippen molar-refractivity contribution in [3.63, 3.8) is 0 Å². The van der Waals surface area contributed by atoms with Gasteiger partial charge in [-0.2, -0.15) is 0 Å². The zero-order valence-corrected chi connectivity index (χ0v) is 14.1. The minimum Gasteiger partial charge on any atom is -0.330 e. The van der Waals surface area contributed by atoms with Gasteiger partial charge < -0.3 is 5.73 Å². The summed E-state index contributed by atoms with van der Waals surface area (Å²) in [5.74, 6) is 0. The van der Waals surface area contributed by atoms with Crippen molar-refractivity contribution >= 4 is 17.0 Å². The van der Waals surface area contributed by atoms with Gasteiger partial charge in [0.15, 0.2) is 0 Å². The highest BCUT2D eigenvalue weighted by Crippen LogP contribution is 2.30. The molecule has 0 bridgehead atoms. The van der Waals surface area contributed by atoms with Gasteiger partial charge >= 0.3 is 0 Å². The van der Waals surface area contributed by atoms with Gasteiger partial charge in [-0.15, -0.1) is 0 Å². The van der Waals surface area contributed by atoms with Crippen LogP contribution in [0.5, 0.6) is 0 Å². The van der Waals surface area contributed by atoms with Gasteiger partial charge in [0.25, 0.3) is 0 Å². The third-order valence-corrected chi connectivity index (χ3v) is 4.82. The molecule has 2 aromatic rings. The molecule has 0 saturated carbocycles. The van der Waals surface area contributed by atoms with Crippen LogP contribution in [0.3, 0.4) is 0 Å². The molecular weight excluding hydrogens is 280 g/mol. The number of hydrogen-bond acceptors (Lipinski definition) is 2. The third-order valence-electron chi connectivity index (χ3n) is 4.82. The number of pyridine rings is 1. The number of unbranched alkanes of at least 4 members (excludes halogenated alkanes) is 4. The molecule has 0 aliphatic heterocycles. The van der Waals surface area contributed by atoms with Crippen molar-refractivity contribution in [1.82, 2.24) is 4.98 Å². The Kier molecular flexibility index (Phi) is 5.82. The highest BCUT2D eigenvalue weighted by molar-refractivity contribution is 5.89. The van der Waals surface area contributed by atoms with E-state index >= 15 is 0 Å². The maximum atomic E-state index is 5.54. The number of hydrogen-bond donors (Lipinski definition) is 1. The smallest absolute Gasteiger partial charge is 0.0711 e. The van der Waals surface area contributed by atoms with Crippen molar-refractivity contribution < 1.29 is 0 Å². The van der Waals surface area contributed by atoms with Crippen LogP contribution in [-0.2, 0) is 12.8 Å². The lowest BCUT2D eigenvalue weighted by molar-refractivity contribution is 0.653. The van der Waals surface area contributed by atoms with Crippen LogP contribution in [0.25, 0.3) is 17.0 Å². The van der Waals surface area contributed by atoms with E-state index in [0.717, 1.165) is 31.3 Å². The van der Waals surface area contributed by atoms with Crippen molar-refractivity contribution in [2.45, 2.75) is 57.8 Å². The molecule has 0 amide bonds. The van der Waals surface area contributed by atoms with Crippen LogP contribution in [0.2, 0.25) is 0 Å². The minimum absolute atomic E-state index is 0.824. The number of nitrogens with zero attached hydrogens (tertiary/aromatic N) is 1. The molecular formula is C21H28N2. The van der Waals surface area contributed by atoms with E-state index in [0.29, 0.717) is 0 Å². The first-order valence-electron chi connectivity index (χ1n) is 9.17. The van der Waals surface area contributed by atoms with Crippen molar-refractivity contribution in [2.75, 3.05) is 6.54 Å². The third kappa shape index (κ3) is 4.00. The fourth-order valence-electron chi connectivity index (χ4n) is 3.56. The molecule has 0 fully saturated rings. The molecule has 0 atom stereocenters. The summed E-state index contributed by atoms with van der Waals surface area (Å²) in [4.78, 5) is 4.91. The SMILES string of the molecule is NCCCCCC/C=C\c1c2c(nc3ccccc13)CCCC2. The average molecular weight is 308 g/mol. The van der Waals surface area contributed by atoms with Gasteiger partial charge in [-0.1, -0.05) is 43.2 Å². The Bertz CT molecular complexity index is 673. The Labute approximate surface area is 139 Å². The van der Waals surface area contributed by atoms with Crippen molar-refractivity contribution in [1.29, 1.82) is 0 Å². The summed E-state index contributed by atoms with van der Waals surface area (Å²) in [6.07, 6.45) is 15.8. The van der Waals surface area contributed by atoms with Crippen LogP contribution in [-0.4, -0.2) is 11.5 Å². The maximum absolute atomic E-state index is 5.54. The predicted molar refractivity (Wildman–Crippen MR) is 99.6 cm³/mol. The largest absolute Gasteiger partial charge is 0.330 e. The molecule has 3 rings (SSSR count). The van der Waals surface area contributed by atoms with Crippen molar-refractivity contribution in [3.8, 4) is 0 Å². The van der Waals surface area contributed by atoms with E-state index in [-0.39, 0.29) is 0 Å². The summed E-state index contributed by atoms with van der Waals surface area (Å²) in [6.45, 7) is 0.824. The molecule has 1 aromatic heterocycles. The molecule has 1 heterocycles. The molecule has 1 aromatic carbocycles. The van der Waals surface area contributed by atoms with Gasteiger partial charge in [0, 0.05) is 11.1 Å². The van der Waals surface area contributed by atoms with Crippen molar-refractivity contribution in [3.05, 3.63) is 47.2 Å². The lowest BCUT2D eigenvalue weighted by Gasteiger charge is -2.19. The summed E-state index contributed by atoms with van der Waals surface area (Å²) in [6, 6.07) is 8.59. The number of allylic oxidation sites excluding steroid dienone is 1. The normalized spacial score (nSPS) is 14.5. The Balaban J connectivity index is 1.78. The van der Waals surface area contributed by atoms with Crippen LogP contribution in [0, 0.1) is 0 Å². The molecule has 122 valence electrons. The number of aryl methyl sites for hydroxylation is 1. The van der Waals surface area contributed by atoms with E-state index in [1.54, 1.807) is 0 Å². The molecule has 23 heavy (non-hydrogen) atoms. The number of nitrogens with two attached hydrogens (primary N) is 1. The van der Waals surface area contributed by atoms with Gasteiger partial charge in [0.1, 0.15) is 0 Å². The van der Waals surface area contributed by atoms with E-state index in [4.69, 9.17) is 10.7 Å². The number of fused-ring (bicyclic) bond motifs is 2. The zero-order valence-electron chi connectivity index (χ0n) is 14.1. The van der Waals surface area contributed by atoms with E-state index in [1.807, 2.05) is 0 Å². The average Bonchev–Trinajstić information content (AvgIpc) is 2.60. The quantitative estimate of drug-likeness (QED) is 0.728. The number of rotatable bonds is 7. The van der Waals surface area contributed by atoms with E-state index < -0.39 is 0 Å². The van der Waals surface area contributed by atoms with Gasteiger partial charge in [-0.25, -0.2) is 0 Å². The summed E-state index contributed by atoms with van der Waals surface area (Å²) in [5.41, 5.74) is 10.9. The van der Waals surface area contributed by atoms with Crippen LogP contribution in [0.15, 0.2) is 30.3 Å². The second kappa shape index (κ2) is 8.26. The summed E-state index contributed by atoms with van der Waals surface area (Å²) in [7, 11) is 0. The van der Waals surface area contributed by atoms with Crippen LogP contribution < -0.4 is 5.73 Å². The van der Waals surface area contributed by atoms with E-state index in [9.17, 15) is 0 Å².